The van der Waals surface area contributed by atoms with E-state index in [0.29, 0.717) is 49.1 Å². The molecule has 7 heteroatoms. The molecule has 1 aromatic carbocycles. The molecular weight excluding hydrogens is 290 g/mol. The van der Waals surface area contributed by atoms with Crippen molar-refractivity contribution < 1.29 is 14.3 Å². The number of aromatic nitrogens is 1. The van der Waals surface area contributed by atoms with Crippen LogP contribution in [0.1, 0.15) is 15.5 Å². The van der Waals surface area contributed by atoms with Gasteiger partial charge in [-0.15, -0.1) is 11.3 Å². The van der Waals surface area contributed by atoms with Gasteiger partial charge in [0.2, 0.25) is 0 Å². The number of amides is 1. The van der Waals surface area contributed by atoms with Gasteiger partial charge in [0.15, 0.2) is 11.5 Å². The van der Waals surface area contributed by atoms with E-state index in [1.165, 1.54) is 11.3 Å². The Morgan fingerprint density at radius 3 is 2.95 bits per heavy atom. The number of rotatable bonds is 4. The molecule has 6 nitrogen and oxygen atoms in total. The Balaban J connectivity index is 1.71. The predicted molar refractivity (Wildman–Crippen MR) is 80.3 cm³/mol. The van der Waals surface area contributed by atoms with Crippen LogP contribution in [0.25, 0.3) is 0 Å². The normalized spacial score (nSPS) is 13.0. The Morgan fingerprint density at radius 1 is 1.33 bits per heavy atom. The summed E-state index contributed by atoms with van der Waals surface area (Å²) in [5, 5.41) is 5.40. The van der Waals surface area contributed by atoms with Crippen molar-refractivity contribution in [2.75, 3.05) is 25.1 Å². The van der Waals surface area contributed by atoms with Crippen LogP contribution in [-0.2, 0) is 6.42 Å². The highest BCUT2D eigenvalue weighted by Crippen LogP contribution is 2.32. The highest BCUT2D eigenvalue weighted by Gasteiger charge is 2.14. The first-order chi connectivity index (χ1) is 10.3. The molecule has 0 unspecified atom stereocenters. The van der Waals surface area contributed by atoms with Crippen molar-refractivity contribution in [3.63, 3.8) is 0 Å². The van der Waals surface area contributed by atoms with E-state index in [1.54, 1.807) is 23.6 Å². The van der Waals surface area contributed by atoms with Crippen LogP contribution in [0, 0.1) is 0 Å². The van der Waals surface area contributed by atoms with Gasteiger partial charge in [0.25, 0.3) is 5.91 Å². The molecule has 1 aromatic heterocycles. The lowest BCUT2D eigenvalue weighted by Gasteiger charge is -2.18. The lowest BCUT2D eigenvalue weighted by Crippen LogP contribution is -2.16. The van der Waals surface area contributed by atoms with Crippen LogP contribution in [-0.4, -0.2) is 30.6 Å². The molecule has 0 spiro atoms. The molecule has 1 aliphatic rings. The van der Waals surface area contributed by atoms with Crippen molar-refractivity contribution in [1.82, 2.24) is 4.98 Å². The fourth-order valence-electron chi connectivity index (χ4n) is 1.97. The van der Waals surface area contributed by atoms with Gasteiger partial charge in [-0.25, -0.2) is 4.98 Å². The van der Waals surface area contributed by atoms with E-state index in [4.69, 9.17) is 15.2 Å². The third-order valence-corrected chi connectivity index (χ3v) is 3.85. The Kier molecular flexibility index (Phi) is 4.03. The van der Waals surface area contributed by atoms with Crippen LogP contribution in [0.15, 0.2) is 23.6 Å². The number of ether oxygens (including phenoxy) is 2. The van der Waals surface area contributed by atoms with Crippen molar-refractivity contribution in [1.29, 1.82) is 0 Å². The molecular formula is C14H15N3O3S. The van der Waals surface area contributed by atoms with Gasteiger partial charge in [0.05, 0.1) is 5.01 Å². The molecule has 3 rings (SSSR count). The fraction of sp³-hybridized carbons (Fsp3) is 0.286. The van der Waals surface area contributed by atoms with Gasteiger partial charge < -0.3 is 20.5 Å². The molecule has 110 valence electrons. The van der Waals surface area contributed by atoms with E-state index in [2.05, 4.69) is 10.3 Å². The number of benzene rings is 1. The van der Waals surface area contributed by atoms with Gasteiger partial charge in [-0.3, -0.25) is 4.79 Å². The summed E-state index contributed by atoms with van der Waals surface area (Å²) in [5.41, 5.74) is 6.53. The van der Waals surface area contributed by atoms with Crippen molar-refractivity contribution in [3.05, 3.63) is 34.3 Å². The largest absolute Gasteiger partial charge is 0.486 e. The molecule has 0 radical (unpaired) electrons. The van der Waals surface area contributed by atoms with Crippen LogP contribution in [0.5, 0.6) is 11.5 Å². The molecule has 0 fully saturated rings. The summed E-state index contributed by atoms with van der Waals surface area (Å²) in [6.07, 6.45) is 0.683. The monoisotopic (exact) mass is 305 g/mol. The first-order valence-corrected chi connectivity index (χ1v) is 7.49. The summed E-state index contributed by atoms with van der Waals surface area (Å²) in [7, 11) is 0. The van der Waals surface area contributed by atoms with E-state index in [-0.39, 0.29) is 5.91 Å². The minimum absolute atomic E-state index is 0.244. The second-order valence-corrected chi connectivity index (χ2v) is 5.42. The third-order valence-electron chi connectivity index (χ3n) is 2.94. The van der Waals surface area contributed by atoms with Gasteiger partial charge >= 0.3 is 0 Å². The van der Waals surface area contributed by atoms with Crippen LogP contribution in [0.3, 0.4) is 0 Å². The van der Waals surface area contributed by atoms with Crippen LogP contribution < -0.4 is 20.5 Å². The van der Waals surface area contributed by atoms with Gasteiger partial charge in [0, 0.05) is 23.6 Å². The van der Waals surface area contributed by atoms with E-state index in [9.17, 15) is 4.79 Å². The number of nitrogens with zero attached hydrogens (tertiary/aromatic N) is 1. The molecule has 1 amide bonds. The Hall–Kier alpha value is -2.12. The zero-order valence-electron chi connectivity index (χ0n) is 11.3. The fourth-order valence-corrected chi connectivity index (χ4v) is 2.76. The molecule has 0 aliphatic carbocycles. The van der Waals surface area contributed by atoms with Gasteiger partial charge in [-0.2, -0.15) is 0 Å². The standard InChI is InChI=1S/C14H15N3O3S/c15-4-3-13-17-10(8-21-13)14(18)16-9-1-2-11-12(7-9)20-6-5-19-11/h1-2,7-8H,3-6,15H2,(H,16,18). The maximum atomic E-state index is 12.1. The van der Waals surface area contributed by atoms with Crippen LogP contribution in [0.2, 0.25) is 0 Å². The van der Waals surface area contributed by atoms with Crippen LogP contribution in [0.4, 0.5) is 5.69 Å². The summed E-state index contributed by atoms with van der Waals surface area (Å²) in [4.78, 5) is 16.4. The van der Waals surface area contributed by atoms with Crippen molar-refractivity contribution in [2.24, 2.45) is 5.73 Å². The summed E-state index contributed by atoms with van der Waals surface area (Å²) < 4.78 is 10.9. The maximum absolute atomic E-state index is 12.1. The smallest absolute Gasteiger partial charge is 0.275 e. The van der Waals surface area contributed by atoms with Gasteiger partial charge in [-0.1, -0.05) is 0 Å². The number of nitrogens with one attached hydrogen (secondary N) is 1. The number of hydrogen-bond acceptors (Lipinski definition) is 6. The lowest BCUT2D eigenvalue weighted by molar-refractivity contribution is 0.102. The van der Waals surface area contributed by atoms with E-state index < -0.39 is 0 Å². The quantitative estimate of drug-likeness (QED) is 0.897. The zero-order chi connectivity index (χ0) is 14.7. The second-order valence-electron chi connectivity index (χ2n) is 4.48. The zero-order valence-corrected chi connectivity index (χ0v) is 12.1. The molecule has 0 bridgehead atoms. The molecule has 2 aromatic rings. The molecule has 21 heavy (non-hydrogen) atoms. The van der Waals surface area contributed by atoms with Crippen molar-refractivity contribution in [3.8, 4) is 11.5 Å². The van der Waals surface area contributed by atoms with Crippen LogP contribution >= 0.6 is 11.3 Å². The number of thiazole rings is 1. The summed E-state index contributed by atoms with van der Waals surface area (Å²) >= 11 is 1.44. The number of carbonyl (C=O) groups is 1. The lowest BCUT2D eigenvalue weighted by atomic mass is 10.2. The van der Waals surface area contributed by atoms with Gasteiger partial charge in [-0.05, 0) is 18.7 Å². The molecule has 1 aliphatic heterocycles. The highest BCUT2D eigenvalue weighted by atomic mass is 32.1. The Bertz CT molecular complexity index is 657. The molecule has 3 N–H and O–H groups in total. The second kappa shape index (κ2) is 6.11. The average Bonchev–Trinajstić information content (AvgIpc) is 2.96. The Morgan fingerprint density at radius 2 is 2.14 bits per heavy atom. The minimum atomic E-state index is -0.244. The summed E-state index contributed by atoms with van der Waals surface area (Å²) in [6.45, 7) is 1.58. The summed E-state index contributed by atoms with van der Waals surface area (Å²) in [5.74, 6) is 1.09. The average molecular weight is 305 g/mol. The number of carbonyl (C=O) groups excluding carboxylic acids is 1. The third kappa shape index (κ3) is 3.14. The SMILES string of the molecule is NCCc1nc(C(=O)Nc2ccc3c(c2)OCCO3)cs1. The van der Waals surface area contributed by atoms with E-state index >= 15 is 0 Å². The first kappa shape index (κ1) is 13.8. The molecule has 0 saturated carbocycles. The summed E-state index contributed by atoms with van der Waals surface area (Å²) in [6, 6.07) is 5.31. The topological polar surface area (TPSA) is 86.5 Å². The van der Waals surface area contributed by atoms with Gasteiger partial charge in [0.1, 0.15) is 18.9 Å². The highest BCUT2D eigenvalue weighted by molar-refractivity contribution is 7.09. The molecule has 0 saturated heterocycles. The Labute approximate surface area is 125 Å². The number of nitrogens with two attached hydrogens (primary N) is 1. The number of hydrogen-bond donors (Lipinski definition) is 2. The first-order valence-electron chi connectivity index (χ1n) is 6.62. The molecule has 0 atom stereocenters. The number of anilines is 1. The van der Waals surface area contributed by atoms with E-state index in [0.717, 1.165) is 5.01 Å². The predicted octanol–water partition coefficient (Wildman–Crippen LogP) is 1.67. The molecule has 2 heterocycles. The van der Waals surface area contributed by atoms with E-state index in [1.807, 2.05) is 0 Å². The van der Waals surface area contributed by atoms with Crippen molar-refractivity contribution in [2.45, 2.75) is 6.42 Å². The number of fused-ring (bicyclic) bond motifs is 1. The minimum Gasteiger partial charge on any atom is -0.486 e. The van der Waals surface area contributed by atoms with Crippen molar-refractivity contribution >= 4 is 22.9 Å². The maximum Gasteiger partial charge on any atom is 0.275 e.